The van der Waals surface area contributed by atoms with Crippen molar-refractivity contribution in [1.82, 2.24) is 25.9 Å². The summed E-state index contributed by atoms with van der Waals surface area (Å²) in [5.41, 5.74) is 11.4. The molecule has 1 atom stereocenters. The summed E-state index contributed by atoms with van der Waals surface area (Å²) in [7, 11) is 0. The number of pyridine rings is 1. The first kappa shape index (κ1) is 33.6. The molecule has 11 heteroatoms. The van der Waals surface area contributed by atoms with Gasteiger partial charge in [0.05, 0.1) is 44.2 Å². The Labute approximate surface area is 286 Å². The summed E-state index contributed by atoms with van der Waals surface area (Å²) in [5.74, 6) is 0. The number of halogens is 3. The number of benzene rings is 2. The first-order valence-corrected chi connectivity index (χ1v) is 16.4. The quantitative estimate of drug-likeness (QED) is 0.167. The van der Waals surface area contributed by atoms with E-state index >= 15 is 0 Å². The number of rotatable bonds is 9. The number of nitriles is 1. The van der Waals surface area contributed by atoms with Crippen molar-refractivity contribution in [3.8, 4) is 6.07 Å². The molecule has 0 amide bonds. The maximum atomic E-state index is 9.96. The van der Waals surface area contributed by atoms with E-state index in [1.807, 2.05) is 55.5 Å². The molecule has 0 saturated carbocycles. The van der Waals surface area contributed by atoms with Crippen molar-refractivity contribution in [2.45, 2.75) is 58.2 Å². The van der Waals surface area contributed by atoms with Gasteiger partial charge in [-0.1, -0.05) is 65.7 Å². The van der Waals surface area contributed by atoms with Gasteiger partial charge in [0.25, 0.3) is 0 Å². The van der Waals surface area contributed by atoms with Crippen LogP contribution in [0.25, 0.3) is 10.9 Å². The fourth-order valence-electron chi connectivity index (χ4n) is 5.68. The highest BCUT2D eigenvalue weighted by molar-refractivity contribution is 6.36. The third-order valence-electron chi connectivity index (χ3n) is 8.32. The molecule has 2 aliphatic rings. The summed E-state index contributed by atoms with van der Waals surface area (Å²) in [5, 5.41) is 21.3. The zero-order chi connectivity index (χ0) is 33.0. The number of hydrazine groups is 2. The molecule has 1 fully saturated rings. The predicted molar refractivity (Wildman–Crippen MR) is 192 cm³/mol. The highest BCUT2D eigenvalue weighted by atomic mass is 35.5. The third-order valence-corrected chi connectivity index (χ3v) is 9.28. The van der Waals surface area contributed by atoms with Crippen LogP contribution < -0.4 is 21.6 Å². The number of allylic oxidation sites excluding steroid dienone is 3. The van der Waals surface area contributed by atoms with Gasteiger partial charge in [-0.05, 0) is 76.5 Å². The molecule has 2 aliphatic heterocycles. The Morgan fingerprint density at radius 1 is 1.15 bits per heavy atom. The van der Waals surface area contributed by atoms with Crippen LogP contribution >= 0.6 is 34.8 Å². The van der Waals surface area contributed by atoms with Crippen molar-refractivity contribution >= 4 is 62.8 Å². The summed E-state index contributed by atoms with van der Waals surface area (Å²) < 4.78 is 0. The lowest BCUT2D eigenvalue weighted by Crippen LogP contribution is -2.52. The number of hydrogen-bond donors (Lipinski definition) is 4. The number of piperidine rings is 1. The van der Waals surface area contributed by atoms with E-state index in [9.17, 15) is 5.26 Å². The molecule has 1 aromatic heterocycles. The molecule has 3 heterocycles. The maximum absolute atomic E-state index is 9.96. The Morgan fingerprint density at radius 2 is 1.89 bits per heavy atom. The average molecular weight is 678 g/mol. The van der Waals surface area contributed by atoms with Crippen molar-refractivity contribution in [2.75, 3.05) is 23.7 Å². The van der Waals surface area contributed by atoms with E-state index < -0.39 is 0 Å². The molecule has 0 aliphatic carbocycles. The Balaban J connectivity index is 1.49. The van der Waals surface area contributed by atoms with E-state index in [4.69, 9.17) is 34.8 Å². The SMILES string of the molecule is C=C(/C=C\C(Cl)=C/C)[C@H](Nc1cc(Cl)c2ncc(C#N)c(Nc3ccccc3Cl)c2c1)C1=CN(C2CCN(C(C)(C)C)CC2)NN1. The van der Waals surface area contributed by atoms with Gasteiger partial charge in [0.2, 0.25) is 0 Å². The summed E-state index contributed by atoms with van der Waals surface area (Å²) in [6.45, 7) is 15.1. The molecule has 4 N–H and O–H groups in total. The van der Waals surface area contributed by atoms with Gasteiger partial charge in [0.1, 0.15) is 6.07 Å². The number of nitrogens with one attached hydrogen (secondary N) is 4. The second kappa shape index (κ2) is 14.4. The minimum Gasteiger partial charge on any atom is -0.373 e. The van der Waals surface area contributed by atoms with E-state index in [-0.39, 0.29) is 11.6 Å². The fraction of sp³-hybridized carbons (Fsp3) is 0.314. The molecular weight excluding hydrogens is 639 g/mol. The standard InChI is InChI=1S/C35H39Cl3N8/c1-6-24(36)12-11-22(2)32(31-21-46(44-43-31)26-13-15-45(16-14-26)35(3,4)5)41-25-17-27-33(42-30-10-8-7-9-28(30)37)23(19-39)20-40-34(27)29(38)18-25/h6-12,17-18,20-21,26,32,41,43-44H,2,13-16H2,1,3-5H3,(H,40,42)/b12-11-,24-6+/t32-/m0/s1. The van der Waals surface area contributed by atoms with Crippen molar-refractivity contribution in [3.05, 3.63) is 106 Å². The van der Waals surface area contributed by atoms with Crippen LogP contribution in [0, 0.1) is 11.3 Å². The van der Waals surface area contributed by atoms with E-state index in [2.05, 4.69) is 76.1 Å². The molecule has 1 saturated heterocycles. The van der Waals surface area contributed by atoms with Gasteiger partial charge in [-0.15, -0.1) is 5.53 Å². The van der Waals surface area contributed by atoms with Crippen LogP contribution in [-0.4, -0.2) is 45.6 Å². The van der Waals surface area contributed by atoms with E-state index in [1.165, 1.54) is 6.20 Å². The molecule has 0 radical (unpaired) electrons. The lowest BCUT2D eigenvalue weighted by Gasteiger charge is -2.42. The molecule has 5 rings (SSSR count). The third kappa shape index (κ3) is 7.63. The van der Waals surface area contributed by atoms with E-state index in [0.717, 1.165) is 37.2 Å². The van der Waals surface area contributed by atoms with Crippen LogP contribution in [0.4, 0.5) is 17.1 Å². The summed E-state index contributed by atoms with van der Waals surface area (Å²) >= 11 is 19.6. The average Bonchev–Trinajstić information content (AvgIpc) is 3.53. The number of hydrogen-bond acceptors (Lipinski definition) is 8. The molecule has 2 aromatic carbocycles. The van der Waals surface area contributed by atoms with Crippen LogP contribution in [0.3, 0.4) is 0 Å². The van der Waals surface area contributed by atoms with Crippen molar-refractivity contribution < 1.29 is 0 Å². The molecular formula is C35H39Cl3N8. The van der Waals surface area contributed by atoms with Crippen molar-refractivity contribution in [2.24, 2.45) is 0 Å². The van der Waals surface area contributed by atoms with Gasteiger partial charge in [-0.3, -0.25) is 14.9 Å². The van der Waals surface area contributed by atoms with Crippen LogP contribution in [0.1, 0.15) is 46.1 Å². The Kier molecular flexibility index (Phi) is 10.5. The largest absolute Gasteiger partial charge is 0.373 e. The minimum atomic E-state index is -0.370. The molecule has 0 spiro atoms. The smallest absolute Gasteiger partial charge is 0.103 e. The number of para-hydroxylation sites is 1. The first-order valence-electron chi connectivity index (χ1n) is 15.2. The van der Waals surface area contributed by atoms with Crippen LogP contribution in [-0.2, 0) is 0 Å². The molecule has 3 aromatic rings. The van der Waals surface area contributed by atoms with E-state index in [1.54, 1.807) is 6.07 Å². The molecule has 0 unspecified atom stereocenters. The second-order valence-corrected chi connectivity index (χ2v) is 13.6. The molecule has 46 heavy (non-hydrogen) atoms. The van der Waals surface area contributed by atoms with Crippen LogP contribution in [0.15, 0.2) is 89.9 Å². The van der Waals surface area contributed by atoms with E-state index in [0.29, 0.717) is 54.6 Å². The Bertz CT molecular complexity index is 1740. The van der Waals surface area contributed by atoms with Gasteiger partial charge in [0.15, 0.2) is 0 Å². The van der Waals surface area contributed by atoms with Gasteiger partial charge in [0, 0.05) is 53.2 Å². The fourth-order valence-corrected chi connectivity index (χ4v) is 6.19. The Hall–Kier alpha value is -3.71. The summed E-state index contributed by atoms with van der Waals surface area (Å²) in [6, 6.07) is 13.3. The van der Waals surface area contributed by atoms with Crippen molar-refractivity contribution in [1.29, 1.82) is 5.26 Å². The minimum absolute atomic E-state index is 0.156. The van der Waals surface area contributed by atoms with Gasteiger partial charge in [-0.2, -0.15) is 5.26 Å². The number of likely N-dealkylation sites (tertiary alicyclic amines) is 1. The number of nitrogens with zero attached hydrogens (tertiary/aromatic N) is 4. The van der Waals surface area contributed by atoms with Crippen LogP contribution in [0.2, 0.25) is 10.0 Å². The number of aromatic nitrogens is 1. The maximum Gasteiger partial charge on any atom is 0.103 e. The number of anilines is 3. The normalized spacial score (nSPS) is 17.1. The highest BCUT2D eigenvalue weighted by Gasteiger charge is 2.32. The highest BCUT2D eigenvalue weighted by Crippen LogP contribution is 2.37. The van der Waals surface area contributed by atoms with Crippen molar-refractivity contribution in [3.63, 3.8) is 0 Å². The summed E-state index contributed by atoms with van der Waals surface area (Å²) in [4.78, 5) is 7.03. The second-order valence-electron chi connectivity index (χ2n) is 12.4. The Morgan fingerprint density at radius 3 is 2.57 bits per heavy atom. The van der Waals surface area contributed by atoms with Gasteiger partial charge < -0.3 is 16.1 Å². The molecule has 240 valence electrons. The molecule has 0 bridgehead atoms. The van der Waals surface area contributed by atoms with Gasteiger partial charge in [-0.25, -0.2) is 0 Å². The first-order chi connectivity index (χ1) is 22.0. The zero-order valence-corrected chi connectivity index (χ0v) is 28.7. The molecule has 8 nitrogen and oxygen atoms in total. The lowest BCUT2D eigenvalue weighted by atomic mass is 9.98. The predicted octanol–water partition coefficient (Wildman–Crippen LogP) is 8.62. The monoisotopic (exact) mass is 676 g/mol. The number of fused-ring (bicyclic) bond motifs is 1. The summed E-state index contributed by atoms with van der Waals surface area (Å²) in [6.07, 6.45) is 11.3. The van der Waals surface area contributed by atoms with Crippen LogP contribution in [0.5, 0.6) is 0 Å². The lowest BCUT2D eigenvalue weighted by molar-refractivity contribution is 0.0570. The topological polar surface area (TPSA) is 91.3 Å². The zero-order valence-electron chi connectivity index (χ0n) is 26.5. The van der Waals surface area contributed by atoms with Gasteiger partial charge >= 0.3 is 0 Å².